The molecule has 3 N–H and O–H groups in total. The van der Waals surface area contributed by atoms with Crippen molar-refractivity contribution in [3.8, 4) is 0 Å². The van der Waals surface area contributed by atoms with Crippen molar-refractivity contribution in [2.45, 2.75) is 31.7 Å². The van der Waals surface area contributed by atoms with E-state index < -0.39 is 52.7 Å². The molecule has 170 valence electrons. The third kappa shape index (κ3) is 6.83. The van der Waals surface area contributed by atoms with Crippen molar-refractivity contribution >= 4 is 23.5 Å². The number of nitro benzene ring substituents is 1. The van der Waals surface area contributed by atoms with E-state index in [1.54, 1.807) is 6.92 Å². The number of rotatable bonds is 10. The average Bonchev–Trinajstić information content (AvgIpc) is 2.70. The van der Waals surface area contributed by atoms with Crippen molar-refractivity contribution < 1.29 is 32.8 Å². The van der Waals surface area contributed by atoms with Gasteiger partial charge in [-0.1, -0.05) is 12.1 Å². The van der Waals surface area contributed by atoms with Crippen LogP contribution in [0.2, 0.25) is 0 Å². The second-order valence-corrected chi connectivity index (χ2v) is 6.87. The molecule has 32 heavy (non-hydrogen) atoms. The van der Waals surface area contributed by atoms with E-state index in [2.05, 4.69) is 5.32 Å². The van der Waals surface area contributed by atoms with Crippen LogP contribution in [0.1, 0.15) is 30.4 Å². The van der Waals surface area contributed by atoms with Crippen LogP contribution in [0.15, 0.2) is 42.5 Å². The number of nitro groups is 1. The molecule has 0 radical (unpaired) electrons. The van der Waals surface area contributed by atoms with Crippen molar-refractivity contribution in [1.82, 2.24) is 5.32 Å². The van der Waals surface area contributed by atoms with Crippen LogP contribution in [0.25, 0.3) is 0 Å². The Bertz CT molecular complexity index is 993. The summed E-state index contributed by atoms with van der Waals surface area (Å²) >= 11 is 0. The monoisotopic (exact) mass is 449 g/mol. The van der Waals surface area contributed by atoms with Crippen molar-refractivity contribution in [2.24, 2.45) is 5.73 Å². The molecule has 2 aromatic rings. The number of amides is 2. The number of primary amides is 1. The predicted molar refractivity (Wildman–Crippen MR) is 108 cm³/mol. The number of nitrogens with one attached hydrogen (secondary N) is 1. The highest BCUT2D eigenvalue weighted by atomic mass is 19.1. The molecule has 2 rings (SSSR count). The van der Waals surface area contributed by atoms with Crippen molar-refractivity contribution in [3.05, 3.63) is 75.3 Å². The first kappa shape index (κ1) is 24.4. The molecule has 0 saturated carbocycles. The number of carbonyl (C=O) groups excluding carboxylic acids is 3. The Hall–Kier alpha value is -3.89. The summed E-state index contributed by atoms with van der Waals surface area (Å²) in [6.07, 6.45) is -0.807. The highest BCUT2D eigenvalue weighted by molar-refractivity contribution is 5.89. The van der Waals surface area contributed by atoms with E-state index in [4.69, 9.17) is 10.5 Å². The smallest absolute Gasteiger partial charge is 0.306 e. The molecule has 0 heterocycles. The Labute approximate surface area is 181 Å². The van der Waals surface area contributed by atoms with Crippen LogP contribution < -0.4 is 11.1 Å². The summed E-state index contributed by atoms with van der Waals surface area (Å²) in [5, 5.41) is 13.3. The number of ether oxygens (including phenoxy) is 1. The highest BCUT2D eigenvalue weighted by Gasteiger charge is 2.32. The zero-order valence-electron chi connectivity index (χ0n) is 17.0. The first-order valence-electron chi connectivity index (χ1n) is 9.54. The highest BCUT2D eigenvalue weighted by Crippen LogP contribution is 2.27. The minimum absolute atomic E-state index is 0.0282. The molecule has 2 atom stereocenters. The molecule has 0 aliphatic rings. The van der Waals surface area contributed by atoms with Gasteiger partial charge in [0.2, 0.25) is 11.8 Å². The Balaban J connectivity index is 2.30. The van der Waals surface area contributed by atoms with E-state index in [-0.39, 0.29) is 24.3 Å². The van der Waals surface area contributed by atoms with Gasteiger partial charge in [0, 0.05) is 24.1 Å². The van der Waals surface area contributed by atoms with Crippen LogP contribution in [0, 0.1) is 21.7 Å². The van der Waals surface area contributed by atoms with Crippen LogP contribution in [0.4, 0.5) is 14.5 Å². The molecular weight excluding hydrogens is 428 g/mol. The lowest BCUT2D eigenvalue weighted by atomic mass is 9.87. The summed E-state index contributed by atoms with van der Waals surface area (Å²) in [5.74, 6) is -5.16. The quantitative estimate of drug-likeness (QED) is 0.323. The zero-order chi connectivity index (χ0) is 23.8. The van der Waals surface area contributed by atoms with E-state index in [0.717, 1.165) is 12.1 Å². The van der Waals surface area contributed by atoms with Gasteiger partial charge in [-0.2, -0.15) is 0 Å². The fraction of sp³-hybridized carbons (Fsp3) is 0.286. The average molecular weight is 449 g/mol. The first-order chi connectivity index (χ1) is 15.1. The zero-order valence-corrected chi connectivity index (χ0v) is 17.0. The largest absolute Gasteiger partial charge is 0.466 e. The standard InChI is InChI=1S/C21H21F2N3O6/c1-2-32-19(28)11-17(13-3-5-16(6-4-13)26(30)31)20(21(24)29)25-18(27)9-12-7-14(22)10-15(23)8-12/h3-8,10,17,20H,2,9,11H2,1H3,(H2,24,29)(H,25,27)/t17-,20+/m0/s1. The third-order valence-corrected chi connectivity index (χ3v) is 4.54. The molecular formula is C21H21F2N3O6. The van der Waals surface area contributed by atoms with Crippen molar-refractivity contribution in [2.75, 3.05) is 6.61 Å². The van der Waals surface area contributed by atoms with Gasteiger partial charge in [-0.25, -0.2) is 8.78 Å². The minimum Gasteiger partial charge on any atom is -0.466 e. The van der Waals surface area contributed by atoms with Gasteiger partial charge in [-0.3, -0.25) is 24.5 Å². The summed E-state index contributed by atoms with van der Waals surface area (Å²) in [7, 11) is 0. The van der Waals surface area contributed by atoms with Gasteiger partial charge < -0.3 is 15.8 Å². The van der Waals surface area contributed by atoms with E-state index in [1.807, 2.05) is 0 Å². The summed E-state index contributed by atoms with van der Waals surface area (Å²) in [4.78, 5) is 47.0. The lowest BCUT2D eigenvalue weighted by molar-refractivity contribution is -0.384. The number of nitrogens with zero attached hydrogens (tertiary/aromatic N) is 1. The molecule has 0 aliphatic carbocycles. The SMILES string of the molecule is CCOC(=O)C[C@@H](c1ccc([N+](=O)[O-])cc1)[C@@H](NC(=O)Cc1cc(F)cc(F)c1)C(N)=O. The normalized spacial score (nSPS) is 12.5. The summed E-state index contributed by atoms with van der Waals surface area (Å²) in [5.41, 5.74) is 5.60. The van der Waals surface area contributed by atoms with E-state index in [1.165, 1.54) is 24.3 Å². The maximum atomic E-state index is 13.4. The molecule has 0 aliphatic heterocycles. The van der Waals surface area contributed by atoms with Gasteiger partial charge in [-0.05, 0) is 30.2 Å². The predicted octanol–water partition coefficient (Wildman–Crippen LogP) is 2.12. The van der Waals surface area contributed by atoms with Crippen LogP contribution in [0.5, 0.6) is 0 Å². The van der Waals surface area contributed by atoms with E-state index in [9.17, 15) is 33.3 Å². The molecule has 9 nitrogen and oxygen atoms in total. The molecule has 0 fully saturated rings. The molecule has 0 unspecified atom stereocenters. The summed E-state index contributed by atoms with van der Waals surface area (Å²) in [6, 6.07) is 6.23. The number of benzene rings is 2. The maximum Gasteiger partial charge on any atom is 0.306 e. The second-order valence-electron chi connectivity index (χ2n) is 6.87. The number of non-ortho nitro benzene ring substituents is 1. The molecule has 0 bridgehead atoms. The topological polar surface area (TPSA) is 142 Å². The van der Waals surface area contributed by atoms with Crippen LogP contribution in [-0.2, 0) is 25.5 Å². The van der Waals surface area contributed by atoms with Crippen molar-refractivity contribution in [3.63, 3.8) is 0 Å². The molecule has 2 aromatic carbocycles. The van der Waals surface area contributed by atoms with Crippen LogP contribution in [0.3, 0.4) is 0 Å². The Morgan fingerprint density at radius 2 is 1.72 bits per heavy atom. The fourth-order valence-electron chi connectivity index (χ4n) is 3.16. The Morgan fingerprint density at radius 3 is 2.22 bits per heavy atom. The Kier molecular flexibility index (Phi) is 8.33. The number of halogens is 2. The molecule has 0 saturated heterocycles. The summed E-state index contributed by atoms with van der Waals surface area (Å²) in [6.45, 7) is 1.66. The second kappa shape index (κ2) is 10.9. The maximum absolute atomic E-state index is 13.4. The minimum atomic E-state index is -1.40. The lowest BCUT2D eigenvalue weighted by Gasteiger charge is -2.25. The lowest BCUT2D eigenvalue weighted by Crippen LogP contribution is -2.49. The third-order valence-electron chi connectivity index (χ3n) is 4.54. The van der Waals surface area contributed by atoms with Gasteiger partial charge in [0.15, 0.2) is 0 Å². The van der Waals surface area contributed by atoms with Gasteiger partial charge in [0.1, 0.15) is 17.7 Å². The number of nitrogens with two attached hydrogens (primary N) is 1. The number of esters is 1. The van der Waals surface area contributed by atoms with Gasteiger partial charge in [0.25, 0.3) is 5.69 Å². The molecule has 11 heteroatoms. The molecule has 2 amide bonds. The van der Waals surface area contributed by atoms with Crippen molar-refractivity contribution in [1.29, 1.82) is 0 Å². The van der Waals surface area contributed by atoms with Gasteiger partial charge in [-0.15, -0.1) is 0 Å². The molecule has 0 aromatic heterocycles. The number of carbonyl (C=O) groups is 3. The van der Waals surface area contributed by atoms with E-state index in [0.29, 0.717) is 11.6 Å². The number of hydrogen-bond donors (Lipinski definition) is 2. The van der Waals surface area contributed by atoms with Gasteiger partial charge >= 0.3 is 5.97 Å². The number of hydrogen-bond acceptors (Lipinski definition) is 6. The fourth-order valence-corrected chi connectivity index (χ4v) is 3.16. The molecule has 0 spiro atoms. The first-order valence-corrected chi connectivity index (χ1v) is 9.54. The summed E-state index contributed by atoms with van der Waals surface area (Å²) < 4.78 is 31.7. The van der Waals surface area contributed by atoms with Crippen LogP contribution >= 0.6 is 0 Å². The van der Waals surface area contributed by atoms with Gasteiger partial charge in [0.05, 0.1) is 24.4 Å². The van der Waals surface area contributed by atoms with Crippen LogP contribution in [-0.4, -0.2) is 35.4 Å². The van der Waals surface area contributed by atoms with E-state index >= 15 is 0 Å². The Morgan fingerprint density at radius 1 is 1.12 bits per heavy atom.